The van der Waals surface area contributed by atoms with Crippen molar-refractivity contribution in [1.82, 2.24) is 9.78 Å². The topological polar surface area (TPSA) is 43.8 Å². The molecule has 2 N–H and O–H groups in total. The molecule has 0 bridgehead atoms. The molecule has 1 aromatic carbocycles. The second-order valence-corrected chi connectivity index (χ2v) is 5.13. The fourth-order valence-electron chi connectivity index (χ4n) is 2.15. The lowest BCUT2D eigenvalue weighted by molar-refractivity contribution is 0.666. The van der Waals surface area contributed by atoms with E-state index in [-0.39, 0.29) is 5.54 Å². The number of nitrogens with zero attached hydrogens (tertiary/aromatic N) is 2. The normalized spacial score (nSPS) is 17.1. The van der Waals surface area contributed by atoms with Crippen molar-refractivity contribution in [1.29, 1.82) is 0 Å². The van der Waals surface area contributed by atoms with Crippen LogP contribution < -0.4 is 5.73 Å². The van der Waals surface area contributed by atoms with Gasteiger partial charge < -0.3 is 5.73 Å². The van der Waals surface area contributed by atoms with Gasteiger partial charge in [-0.2, -0.15) is 5.10 Å². The predicted octanol–water partition coefficient (Wildman–Crippen LogP) is 2.21. The maximum Gasteiger partial charge on any atom is 0.0678 e. The van der Waals surface area contributed by atoms with Crippen LogP contribution in [0.3, 0.4) is 0 Å². The van der Waals surface area contributed by atoms with Crippen molar-refractivity contribution in [3.8, 4) is 5.69 Å². The minimum atomic E-state index is 0.0400. The molecule has 0 spiro atoms. The summed E-state index contributed by atoms with van der Waals surface area (Å²) in [4.78, 5) is 0. The summed E-state index contributed by atoms with van der Waals surface area (Å²) in [5, 5.41) is 4.37. The summed E-state index contributed by atoms with van der Waals surface area (Å²) in [6.45, 7) is 2.05. The molecule has 3 rings (SSSR count). The van der Waals surface area contributed by atoms with Gasteiger partial charge in [-0.25, -0.2) is 4.68 Å². The average molecular weight is 227 g/mol. The van der Waals surface area contributed by atoms with E-state index in [0.29, 0.717) is 0 Å². The molecule has 1 aromatic heterocycles. The largest absolute Gasteiger partial charge is 0.325 e. The van der Waals surface area contributed by atoms with Crippen molar-refractivity contribution in [2.45, 2.75) is 31.7 Å². The summed E-state index contributed by atoms with van der Waals surface area (Å²) >= 11 is 0. The van der Waals surface area contributed by atoms with Crippen LogP contribution in [0.5, 0.6) is 0 Å². The first kappa shape index (κ1) is 10.5. The summed E-state index contributed by atoms with van der Waals surface area (Å²) in [6.07, 6.45) is 7.15. The van der Waals surface area contributed by atoms with Gasteiger partial charge in [0.25, 0.3) is 0 Å². The van der Waals surface area contributed by atoms with Crippen molar-refractivity contribution in [2.24, 2.45) is 5.73 Å². The Morgan fingerprint density at radius 1 is 1.35 bits per heavy atom. The number of benzene rings is 1. The first-order valence-corrected chi connectivity index (χ1v) is 6.05. The van der Waals surface area contributed by atoms with Crippen LogP contribution in [0.1, 0.15) is 24.0 Å². The summed E-state index contributed by atoms with van der Waals surface area (Å²) in [6, 6.07) is 8.37. The Balaban J connectivity index is 1.98. The molecular weight excluding hydrogens is 210 g/mol. The third kappa shape index (κ3) is 2.11. The van der Waals surface area contributed by atoms with Crippen LogP contribution in [0.4, 0.5) is 0 Å². The maximum atomic E-state index is 6.20. The molecule has 1 heterocycles. The Morgan fingerprint density at radius 3 is 2.76 bits per heavy atom. The molecule has 3 heteroatoms. The van der Waals surface area contributed by atoms with Crippen molar-refractivity contribution in [3.05, 3.63) is 47.8 Å². The van der Waals surface area contributed by atoms with E-state index in [4.69, 9.17) is 5.73 Å². The average Bonchev–Trinajstić information content (AvgIpc) is 2.87. The molecule has 1 saturated carbocycles. The first-order chi connectivity index (χ1) is 8.16. The summed E-state index contributed by atoms with van der Waals surface area (Å²) < 4.78 is 1.94. The van der Waals surface area contributed by atoms with Crippen LogP contribution in [-0.4, -0.2) is 15.3 Å². The minimum absolute atomic E-state index is 0.0400. The molecule has 1 fully saturated rings. The minimum Gasteiger partial charge on any atom is -0.325 e. The molecule has 0 radical (unpaired) electrons. The highest BCUT2D eigenvalue weighted by molar-refractivity contribution is 5.42. The molecule has 2 aromatic rings. The van der Waals surface area contributed by atoms with Crippen LogP contribution in [0.25, 0.3) is 5.69 Å². The van der Waals surface area contributed by atoms with Crippen molar-refractivity contribution in [3.63, 3.8) is 0 Å². The zero-order valence-corrected chi connectivity index (χ0v) is 10.1. The highest BCUT2D eigenvalue weighted by Gasteiger charge is 2.38. The molecular formula is C14H17N3. The summed E-state index contributed by atoms with van der Waals surface area (Å²) in [7, 11) is 0. The smallest absolute Gasteiger partial charge is 0.0678 e. The van der Waals surface area contributed by atoms with Gasteiger partial charge >= 0.3 is 0 Å². The fourth-order valence-corrected chi connectivity index (χ4v) is 2.15. The monoisotopic (exact) mass is 227 g/mol. The van der Waals surface area contributed by atoms with Gasteiger partial charge in [-0.1, -0.05) is 18.2 Å². The van der Waals surface area contributed by atoms with Crippen molar-refractivity contribution in [2.75, 3.05) is 0 Å². The molecule has 0 atom stereocenters. The first-order valence-electron chi connectivity index (χ1n) is 6.05. The molecule has 17 heavy (non-hydrogen) atoms. The lowest BCUT2D eigenvalue weighted by Gasteiger charge is -2.13. The van der Waals surface area contributed by atoms with Crippen molar-refractivity contribution < 1.29 is 0 Å². The zero-order valence-electron chi connectivity index (χ0n) is 10.1. The lowest BCUT2D eigenvalue weighted by Crippen LogP contribution is -2.25. The van der Waals surface area contributed by atoms with E-state index in [9.17, 15) is 0 Å². The Kier molecular flexibility index (Phi) is 2.30. The Bertz CT molecular complexity index is 538. The van der Waals surface area contributed by atoms with Gasteiger partial charge in [-0.15, -0.1) is 0 Å². The molecule has 0 aliphatic heterocycles. The van der Waals surface area contributed by atoms with E-state index in [2.05, 4.69) is 36.4 Å². The molecule has 0 unspecified atom stereocenters. The van der Waals surface area contributed by atoms with E-state index < -0.39 is 0 Å². The van der Waals surface area contributed by atoms with Crippen LogP contribution in [0, 0.1) is 6.92 Å². The third-order valence-electron chi connectivity index (χ3n) is 3.38. The zero-order chi connectivity index (χ0) is 11.9. The number of aromatic nitrogens is 2. The van der Waals surface area contributed by atoms with Gasteiger partial charge in [0, 0.05) is 11.7 Å². The van der Waals surface area contributed by atoms with E-state index >= 15 is 0 Å². The molecule has 0 amide bonds. The quantitative estimate of drug-likeness (QED) is 0.873. The second-order valence-electron chi connectivity index (χ2n) is 5.13. The Morgan fingerprint density at radius 2 is 2.12 bits per heavy atom. The van der Waals surface area contributed by atoms with Gasteiger partial charge in [-0.3, -0.25) is 0 Å². The number of aryl methyl sites for hydroxylation is 1. The number of hydrogen-bond acceptors (Lipinski definition) is 2. The molecule has 88 valence electrons. The maximum absolute atomic E-state index is 6.20. The standard InChI is InChI=1S/C14H17N3/c1-11-9-16-17(10-11)13-5-3-2-4-12(13)8-14(15)6-7-14/h2-5,9-10H,6-8,15H2,1H3. The molecule has 0 saturated heterocycles. The number of para-hydroxylation sites is 1. The fraction of sp³-hybridized carbons (Fsp3) is 0.357. The SMILES string of the molecule is Cc1cnn(-c2ccccc2CC2(N)CC2)c1. The highest BCUT2D eigenvalue weighted by Crippen LogP contribution is 2.36. The summed E-state index contributed by atoms with van der Waals surface area (Å²) in [5.74, 6) is 0. The van der Waals surface area contributed by atoms with Crippen LogP contribution in [0.2, 0.25) is 0 Å². The van der Waals surface area contributed by atoms with E-state index in [1.54, 1.807) is 0 Å². The molecule has 1 aliphatic carbocycles. The van der Waals surface area contributed by atoms with Gasteiger partial charge in [0.05, 0.1) is 11.9 Å². The van der Waals surface area contributed by atoms with Crippen LogP contribution in [-0.2, 0) is 6.42 Å². The van der Waals surface area contributed by atoms with Gasteiger partial charge in [0.15, 0.2) is 0 Å². The lowest BCUT2D eigenvalue weighted by atomic mass is 10.0. The van der Waals surface area contributed by atoms with E-state index in [1.807, 2.05) is 16.9 Å². The second kappa shape index (κ2) is 3.70. The molecule has 1 aliphatic rings. The van der Waals surface area contributed by atoms with E-state index in [1.165, 1.54) is 11.1 Å². The van der Waals surface area contributed by atoms with Crippen LogP contribution >= 0.6 is 0 Å². The Labute approximate surface area is 101 Å². The number of rotatable bonds is 3. The van der Waals surface area contributed by atoms with Gasteiger partial charge in [-0.05, 0) is 43.4 Å². The third-order valence-corrected chi connectivity index (χ3v) is 3.38. The van der Waals surface area contributed by atoms with Crippen molar-refractivity contribution >= 4 is 0 Å². The molecule has 3 nitrogen and oxygen atoms in total. The predicted molar refractivity (Wildman–Crippen MR) is 68.2 cm³/mol. The number of nitrogens with two attached hydrogens (primary N) is 1. The summed E-state index contributed by atoms with van der Waals surface area (Å²) in [5.41, 5.74) is 9.85. The van der Waals surface area contributed by atoms with Crippen LogP contribution in [0.15, 0.2) is 36.7 Å². The van der Waals surface area contributed by atoms with Gasteiger partial charge in [0.1, 0.15) is 0 Å². The van der Waals surface area contributed by atoms with Gasteiger partial charge in [0.2, 0.25) is 0 Å². The number of hydrogen-bond donors (Lipinski definition) is 1. The highest BCUT2D eigenvalue weighted by atomic mass is 15.3. The Hall–Kier alpha value is -1.61. The van der Waals surface area contributed by atoms with E-state index in [0.717, 1.165) is 24.9 Å².